The van der Waals surface area contributed by atoms with Gasteiger partial charge in [-0.25, -0.2) is 0 Å². The van der Waals surface area contributed by atoms with Gasteiger partial charge in [0.1, 0.15) is 0 Å². The van der Waals surface area contributed by atoms with E-state index in [4.69, 9.17) is 5.11 Å². The van der Waals surface area contributed by atoms with E-state index in [2.05, 4.69) is 10.3 Å². The second-order valence-corrected chi connectivity index (χ2v) is 4.08. The van der Waals surface area contributed by atoms with Crippen LogP contribution < -0.4 is 5.32 Å². The fourth-order valence-corrected chi connectivity index (χ4v) is 1.23. The summed E-state index contributed by atoms with van der Waals surface area (Å²) in [5, 5.41) is 11.4. The molecule has 0 aliphatic rings. The first-order chi connectivity index (χ1) is 7.91. The lowest BCUT2D eigenvalue weighted by atomic mass is 10.0. The van der Waals surface area contributed by atoms with Crippen molar-refractivity contribution in [3.8, 4) is 0 Å². The molecule has 5 heteroatoms. The van der Waals surface area contributed by atoms with Crippen molar-refractivity contribution in [3.05, 3.63) is 29.6 Å². The van der Waals surface area contributed by atoms with Crippen molar-refractivity contribution in [2.45, 2.75) is 26.8 Å². The zero-order chi connectivity index (χ0) is 13.0. The standard InChI is InChI=1S/C12H16N2O3/c1-7-4-5-10(6-13-7)11(15)14-9(3)8(2)12(16)17/h4-6,8-9H,1-3H3,(H,14,15)(H,16,17). The molecule has 2 unspecified atom stereocenters. The van der Waals surface area contributed by atoms with Gasteiger partial charge in [-0.05, 0) is 32.9 Å². The number of carbonyl (C=O) groups is 2. The van der Waals surface area contributed by atoms with Crippen LogP contribution in [-0.4, -0.2) is 28.0 Å². The second kappa shape index (κ2) is 5.43. The fourth-order valence-electron chi connectivity index (χ4n) is 1.23. The summed E-state index contributed by atoms with van der Waals surface area (Å²) in [6, 6.07) is 2.97. The molecule has 92 valence electrons. The lowest BCUT2D eigenvalue weighted by Crippen LogP contribution is -2.40. The maximum atomic E-state index is 11.7. The minimum absolute atomic E-state index is 0.307. The van der Waals surface area contributed by atoms with Gasteiger partial charge in [0.2, 0.25) is 0 Å². The minimum atomic E-state index is -0.931. The Morgan fingerprint density at radius 3 is 2.47 bits per heavy atom. The SMILES string of the molecule is Cc1ccc(C(=O)NC(C)C(C)C(=O)O)cn1. The predicted molar refractivity (Wildman–Crippen MR) is 62.7 cm³/mol. The zero-order valence-electron chi connectivity index (χ0n) is 10.1. The van der Waals surface area contributed by atoms with E-state index in [0.29, 0.717) is 5.56 Å². The normalized spacial score (nSPS) is 13.8. The molecule has 1 aromatic rings. The molecule has 0 aromatic carbocycles. The Morgan fingerprint density at radius 2 is 2.00 bits per heavy atom. The highest BCUT2D eigenvalue weighted by atomic mass is 16.4. The lowest BCUT2D eigenvalue weighted by molar-refractivity contribution is -0.141. The third-order valence-electron chi connectivity index (χ3n) is 2.67. The number of aliphatic carboxylic acids is 1. The summed E-state index contributed by atoms with van der Waals surface area (Å²) in [5.41, 5.74) is 1.26. The molecular formula is C12H16N2O3. The van der Waals surface area contributed by atoms with E-state index in [1.165, 1.54) is 6.20 Å². The van der Waals surface area contributed by atoms with E-state index in [1.807, 2.05) is 6.92 Å². The van der Waals surface area contributed by atoms with Gasteiger partial charge in [-0.15, -0.1) is 0 Å². The van der Waals surface area contributed by atoms with Crippen molar-refractivity contribution in [1.29, 1.82) is 0 Å². The van der Waals surface area contributed by atoms with Crippen LogP contribution in [0.1, 0.15) is 29.9 Å². The van der Waals surface area contributed by atoms with E-state index in [0.717, 1.165) is 5.69 Å². The van der Waals surface area contributed by atoms with E-state index in [9.17, 15) is 9.59 Å². The number of hydrogen-bond donors (Lipinski definition) is 2. The van der Waals surface area contributed by atoms with Crippen LogP contribution in [0, 0.1) is 12.8 Å². The second-order valence-electron chi connectivity index (χ2n) is 4.08. The van der Waals surface area contributed by atoms with Crippen molar-refractivity contribution in [1.82, 2.24) is 10.3 Å². The lowest BCUT2D eigenvalue weighted by Gasteiger charge is -2.17. The van der Waals surface area contributed by atoms with Crippen LogP contribution in [0.3, 0.4) is 0 Å². The molecule has 17 heavy (non-hydrogen) atoms. The Morgan fingerprint density at radius 1 is 1.35 bits per heavy atom. The van der Waals surface area contributed by atoms with Gasteiger partial charge >= 0.3 is 5.97 Å². The Hall–Kier alpha value is -1.91. The summed E-state index contributed by atoms with van der Waals surface area (Å²) < 4.78 is 0. The molecule has 0 spiro atoms. The van der Waals surface area contributed by atoms with Crippen molar-refractivity contribution in [2.24, 2.45) is 5.92 Å². The number of hydrogen-bond acceptors (Lipinski definition) is 3. The third kappa shape index (κ3) is 3.55. The summed E-state index contributed by atoms with van der Waals surface area (Å²) >= 11 is 0. The number of carbonyl (C=O) groups excluding carboxylic acids is 1. The Balaban J connectivity index is 2.66. The largest absolute Gasteiger partial charge is 0.481 e. The van der Waals surface area contributed by atoms with Crippen LogP contribution in [0.2, 0.25) is 0 Å². The highest BCUT2D eigenvalue weighted by Crippen LogP contribution is 2.05. The van der Waals surface area contributed by atoms with Crippen LogP contribution in [0.4, 0.5) is 0 Å². The maximum Gasteiger partial charge on any atom is 0.308 e. The molecule has 0 fully saturated rings. The molecule has 0 aliphatic carbocycles. The topological polar surface area (TPSA) is 79.3 Å². The first kappa shape index (κ1) is 13.2. The van der Waals surface area contributed by atoms with Crippen LogP contribution >= 0.6 is 0 Å². The van der Waals surface area contributed by atoms with E-state index >= 15 is 0 Å². The number of carboxylic acids is 1. The van der Waals surface area contributed by atoms with Gasteiger partial charge in [-0.1, -0.05) is 0 Å². The summed E-state index contributed by atoms with van der Waals surface area (Å²) in [7, 11) is 0. The Bertz CT molecular complexity index is 414. The highest BCUT2D eigenvalue weighted by Gasteiger charge is 2.21. The van der Waals surface area contributed by atoms with E-state index in [1.54, 1.807) is 26.0 Å². The molecule has 0 saturated heterocycles. The van der Waals surface area contributed by atoms with Crippen molar-refractivity contribution in [2.75, 3.05) is 0 Å². The smallest absolute Gasteiger partial charge is 0.308 e. The number of nitrogens with zero attached hydrogens (tertiary/aromatic N) is 1. The van der Waals surface area contributed by atoms with Gasteiger partial charge in [0.05, 0.1) is 11.5 Å². The van der Waals surface area contributed by atoms with Gasteiger partial charge < -0.3 is 10.4 Å². The minimum Gasteiger partial charge on any atom is -0.481 e. The number of nitrogens with one attached hydrogen (secondary N) is 1. The van der Waals surface area contributed by atoms with Crippen LogP contribution in [0.25, 0.3) is 0 Å². The molecule has 0 bridgehead atoms. The summed E-state index contributed by atoms with van der Waals surface area (Å²) in [6.45, 7) is 5.05. The number of aromatic nitrogens is 1. The zero-order valence-corrected chi connectivity index (χ0v) is 10.1. The molecule has 1 aromatic heterocycles. The van der Waals surface area contributed by atoms with Gasteiger partial charge in [-0.3, -0.25) is 14.6 Å². The summed E-state index contributed by atoms with van der Waals surface area (Å²) in [6.07, 6.45) is 1.48. The van der Waals surface area contributed by atoms with Gasteiger partial charge in [0.25, 0.3) is 5.91 Å². The number of rotatable bonds is 4. The Kier molecular flexibility index (Phi) is 4.20. The first-order valence-electron chi connectivity index (χ1n) is 5.38. The molecule has 1 heterocycles. The van der Waals surface area contributed by atoms with Crippen molar-refractivity contribution in [3.63, 3.8) is 0 Å². The summed E-state index contributed by atoms with van der Waals surface area (Å²) in [5.74, 6) is -1.87. The molecule has 0 saturated carbocycles. The average Bonchev–Trinajstić information content (AvgIpc) is 2.28. The van der Waals surface area contributed by atoms with Crippen LogP contribution in [-0.2, 0) is 4.79 Å². The molecule has 2 N–H and O–H groups in total. The third-order valence-corrected chi connectivity index (χ3v) is 2.67. The van der Waals surface area contributed by atoms with E-state index < -0.39 is 17.9 Å². The Labute approximate surface area is 99.9 Å². The molecule has 1 rings (SSSR count). The number of aryl methyl sites for hydroxylation is 1. The number of pyridine rings is 1. The van der Waals surface area contributed by atoms with Crippen molar-refractivity contribution >= 4 is 11.9 Å². The summed E-state index contributed by atoms with van der Waals surface area (Å²) in [4.78, 5) is 26.5. The molecule has 0 aliphatic heterocycles. The maximum absolute atomic E-state index is 11.7. The van der Waals surface area contributed by atoms with E-state index in [-0.39, 0.29) is 5.91 Å². The molecule has 5 nitrogen and oxygen atoms in total. The first-order valence-corrected chi connectivity index (χ1v) is 5.38. The monoisotopic (exact) mass is 236 g/mol. The molecule has 1 amide bonds. The average molecular weight is 236 g/mol. The molecule has 2 atom stereocenters. The van der Waals surface area contributed by atoms with Crippen molar-refractivity contribution < 1.29 is 14.7 Å². The van der Waals surface area contributed by atoms with Gasteiger partial charge in [0.15, 0.2) is 0 Å². The predicted octanol–water partition coefficient (Wildman–Crippen LogP) is 1.23. The fraction of sp³-hybridized carbons (Fsp3) is 0.417. The van der Waals surface area contributed by atoms with Gasteiger partial charge in [0, 0.05) is 17.9 Å². The number of carboxylic acid groups (broad SMARTS) is 1. The van der Waals surface area contributed by atoms with Crippen LogP contribution in [0.15, 0.2) is 18.3 Å². The quantitative estimate of drug-likeness (QED) is 0.824. The number of amides is 1. The molecule has 0 radical (unpaired) electrons. The van der Waals surface area contributed by atoms with Gasteiger partial charge in [-0.2, -0.15) is 0 Å². The van der Waals surface area contributed by atoms with Crippen LogP contribution in [0.5, 0.6) is 0 Å². The molecular weight excluding hydrogens is 220 g/mol. The highest BCUT2D eigenvalue weighted by molar-refractivity contribution is 5.94.